The zero-order valence-electron chi connectivity index (χ0n) is 18.1. The van der Waals surface area contributed by atoms with E-state index in [1.54, 1.807) is 14.2 Å². The Labute approximate surface area is 181 Å². The molecule has 0 saturated carbocycles. The first kappa shape index (κ1) is 20.6. The summed E-state index contributed by atoms with van der Waals surface area (Å²) in [5.74, 6) is 4.51. The van der Waals surface area contributed by atoms with Gasteiger partial charge in [-0.3, -0.25) is 0 Å². The van der Waals surface area contributed by atoms with Crippen LogP contribution in [0.25, 0.3) is 22.2 Å². The van der Waals surface area contributed by atoms with Crippen molar-refractivity contribution in [3.63, 3.8) is 0 Å². The van der Waals surface area contributed by atoms with Gasteiger partial charge in [0.25, 0.3) is 0 Å². The van der Waals surface area contributed by atoms with Crippen LogP contribution in [0, 0.1) is 12.3 Å². The van der Waals surface area contributed by atoms with E-state index < -0.39 is 0 Å². The summed E-state index contributed by atoms with van der Waals surface area (Å²) in [6.07, 6.45) is 5.34. The van der Waals surface area contributed by atoms with Crippen molar-refractivity contribution in [1.29, 1.82) is 0 Å². The van der Waals surface area contributed by atoms with E-state index >= 15 is 0 Å². The lowest BCUT2D eigenvalue weighted by Gasteiger charge is -2.12. The average Bonchev–Trinajstić information content (AvgIpc) is 3.27. The van der Waals surface area contributed by atoms with Gasteiger partial charge in [0.1, 0.15) is 18.1 Å². The SMILES string of the molecule is C#CCO/N=C1/c2cc(OC)c(OC)cc2-c2[nH]c3ccc(OCCN(C)C)cc3c21. The first-order chi connectivity index (χ1) is 15.1. The normalized spacial score (nSPS) is 13.2. The van der Waals surface area contributed by atoms with Gasteiger partial charge in [0.2, 0.25) is 0 Å². The predicted octanol–water partition coefficient (Wildman–Crippen LogP) is 3.51. The van der Waals surface area contributed by atoms with Gasteiger partial charge in [0, 0.05) is 34.1 Å². The third-order valence-electron chi connectivity index (χ3n) is 5.17. The number of likely N-dealkylation sites (N-methyl/N-ethyl adjacent to an activating group) is 1. The van der Waals surface area contributed by atoms with E-state index in [0.717, 1.165) is 45.6 Å². The van der Waals surface area contributed by atoms with E-state index in [0.29, 0.717) is 23.8 Å². The molecule has 1 N–H and O–H groups in total. The first-order valence-electron chi connectivity index (χ1n) is 9.91. The van der Waals surface area contributed by atoms with Crippen molar-refractivity contribution < 1.29 is 19.0 Å². The standard InChI is InChI=1S/C24H25N3O4/c1-6-10-31-26-24-17-14-21(29-5)20(28-4)13-16(17)23-22(24)18-12-15(7-8-19(18)25-23)30-11-9-27(2)3/h1,7-8,12-14,25H,9-11H2,2-5H3/b26-24-. The summed E-state index contributed by atoms with van der Waals surface area (Å²) < 4.78 is 16.9. The summed E-state index contributed by atoms with van der Waals surface area (Å²) in [6, 6.07) is 9.85. The van der Waals surface area contributed by atoms with Crippen LogP contribution in [0.4, 0.5) is 0 Å². The number of fused-ring (bicyclic) bond motifs is 5. The number of H-pyrrole nitrogens is 1. The zero-order chi connectivity index (χ0) is 22.0. The van der Waals surface area contributed by atoms with E-state index in [-0.39, 0.29) is 6.61 Å². The van der Waals surface area contributed by atoms with Crippen LogP contribution in [-0.4, -0.2) is 63.7 Å². The van der Waals surface area contributed by atoms with Gasteiger partial charge in [-0.2, -0.15) is 0 Å². The lowest BCUT2D eigenvalue weighted by Crippen LogP contribution is -2.19. The topological polar surface area (TPSA) is 68.3 Å². The van der Waals surface area contributed by atoms with E-state index in [4.69, 9.17) is 25.5 Å². The molecule has 1 heterocycles. The van der Waals surface area contributed by atoms with Crippen LogP contribution in [0.5, 0.6) is 17.2 Å². The quantitative estimate of drug-likeness (QED) is 0.269. The molecule has 3 aromatic rings. The molecule has 31 heavy (non-hydrogen) atoms. The Balaban J connectivity index is 1.84. The molecule has 0 radical (unpaired) electrons. The summed E-state index contributed by atoms with van der Waals surface area (Å²) >= 11 is 0. The summed E-state index contributed by atoms with van der Waals surface area (Å²) in [6.45, 7) is 1.52. The number of nitrogens with one attached hydrogen (secondary N) is 1. The fourth-order valence-electron chi connectivity index (χ4n) is 3.70. The molecule has 1 aliphatic rings. The van der Waals surface area contributed by atoms with Gasteiger partial charge in [-0.25, -0.2) is 0 Å². The molecule has 0 spiro atoms. The Hall–Kier alpha value is -3.63. The molecule has 0 fully saturated rings. The van der Waals surface area contributed by atoms with Gasteiger partial charge >= 0.3 is 0 Å². The number of benzene rings is 2. The third-order valence-corrected chi connectivity index (χ3v) is 5.17. The Bertz CT molecular complexity index is 1190. The second kappa shape index (κ2) is 8.62. The molecular weight excluding hydrogens is 394 g/mol. The van der Waals surface area contributed by atoms with Crippen molar-refractivity contribution in [3.8, 4) is 40.8 Å². The van der Waals surface area contributed by atoms with Crippen LogP contribution in [0.3, 0.4) is 0 Å². The highest BCUT2D eigenvalue weighted by Crippen LogP contribution is 2.45. The van der Waals surface area contributed by atoms with E-state index in [1.807, 2.05) is 44.4 Å². The highest BCUT2D eigenvalue weighted by atomic mass is 16.6. The Morgan fingerprint density at radius 3 is 2.48 bits per heavy atom. The van der Waals surface area contributed by atoms with Crippen molar-refractivity contribution >= 4 is 16.6 Å². The summed E-state index contributed by atoms with van der Waals surface area (Å²) in [7, 11) is 7.26. The third kappa shape index (κ3) is 3.78. The molecule has 1 aliphatic carbocycles. The number of rotatable bonds is 8. The number of methoxy groups -OCH3 is 2. The number of nitrogens with zero attached hydrogens (tertiary/aromatic N) is 2. The van der Waals surface area contributed by atoms with Crippen molar-refractivity contribution in [1.82, 2.24) is 9.88 Å². The van der Waals surface area contributed by atoms with Crippen LogP contribution >= 0.6 is 0 Å². The minimum atomic E-state index is 0.0860. The van der Waals surface area contributed by atoms with Crippen molar-refractivity contribution in [2.75, 3.05) is 48.1 Å². The number of ether oxygens (including phenoxy) is 3. The second-order valence-electron chi connectivity index (χ2n) is 7.40. The molecular formula is C24H25N3O4. The fourth-order valence-corrected chi connectivity index (χ4v) is 3.70. The van der Waals surface area contributed by atoms with Gasteiger partial charge in [-0.05, 0) is 44.4 Å². The number of aromatic nitrogens is 1. The van der Waals surface area contributed by atoms with Crippen LogP contribution in [-0.2, 0) is 4.84 Å². The molecule has 1 aromatic heterocycles. The largest absolute Gasteiger partial charge is 0.493 e. The fraction of sp³-hybridized carbons (Fsp3) is 0.292. The monoisotopic (exact) mass is 419 g/mol. The molecule has 7 nitrogen and oxygen atoms in total. The Morgan fingerprint density at radius 2 is 1.81 bits per heavy atom. The number of oxime groups is 1. The smallest absolute Gasteiger partial charge is 0.177 e. The van der Waals surface area contributed by atoms with Gasteiger partial charge in [-0.15, -0.1) is 6.42 Å². The highest BCUT2D eigenvalue weighted by molar-refractivity contribution is 6.30. The van der Waals surface area contributed by atoms with Crippen LogP contribution in [0.1, 0.15) is 11.1 Å². The minimum absolute atomic E-state index is 0.0860. The van der Waals surface area contributed by atoms with Gasteiger partial charge < -0.3 is 28.9 Å². The molecule has 7 heteroatoms. The number of hydrogen-bond donors (Lipinski definition) is 1. The summed E-state index contributed by atoms with van der Waals surface area (Å²) in [5, 5.41) is 5.37. The molecule has 0 aliphatic heterocycles. The zero-order valence-corrected chi connectivity index (χ0v) is 18.1. The van der Waals surface area contributed by atoms with Crippen LogP contribution in [0.2, 0.25) is 0 Å². The molecule has 4 rings (SSSR count). The second-order valence-corrected chi connectivity index (χ2v) is 7.40. The lowest BCUT2D eigenvalue weighted by molar-refractivity contribution is 0.180. The van der Waals surface area contributed by atoms with E-state index in [1.165, 1.54) is 0 Å². The maximum Gasteiger partial charge on any atom is 0.177 e. The van der Waals surface area contributed by atoms with Crippen molar-refractivity contribution in [3.05, 3.63) is 41.5 Å². The number of aromatic amines is 1. The Morgan fingerprint density at radius 1 is 1.06 bits per heavy atom. The summed E-state index contributed by atoms with van der Waals surface area (Å²) in [4.78, 5) is 11.0. The van der Waals surface area contributed by atoms with E-state index in [2.05, 4.69) is 21.0 Å². The van der Waals surface area contributed by atoms with Gasteiger partial charge in [0.15, 0.2) is 18.1 Å². The average molecular weight is 419 g/mol. The highest BCUT2D eigenvalue weighted by Gasteiger charge is 2.32. The van der Waals surface area contributed by atoms with Crippen LogP contribution < -0.4 is 14.2 Å². The minimum Gasteiger partial charge on any atom is -0.493 e. The molecule has 0 unspecified atom stereocenters. The first-order valence-corrected chi connectivity index (χ1v) is 9.91. The molecule has 0 atom stereocenters. The molecule has 0 saturated heterocycles. The summed E-state index contributed by atoms with van der Waals surface area (Å²) in [5.41, 5.74) is 5.40. The predicted molar refractivity (Wildman–Crippen MR) is 121 cm³/mol. The van der Waals surface area contributed by atoms with E-state index in [9.17, 15) is 0 Å². The maximum absolute atomic E-state index is 5.94. The maximum atomic E-state index is 5.94. The lowest BCUT2D eigenvalue weighted by atomic mass is 10.1. The van der Waals surface area contributed by atoms with Crippen molar-refractivity contribution in [2.45, 2.75) is 0 Å². The van der Waals surface area contributed by atoms with Crippen LogP contribution in [0.15, 0.2) is 35.5 Å². The van der Waals surface area contributed by atoms with Gasteiger partial charge in [-0.1, -0.05) is 11.1 Å². The Kier molecular flexibility index (Phi) is 5.74. The number of terminal acetylenes is 1. The molecule has 2 aromatic carbocycles. The van der Waals surface area contributed by atoms with Crippen molar-refractivity contribution in [2.24, 2.45) is 5.16 Å². The van der Waals surface area contributed by atoms with Gasteiger partial charge in [0.05, 0.1) is 19.9 Å². The molecule has 160 valence electrons. The molecule has 0 bridgehead atoms. The molecule has 0 amide bonds. The number of hydrogen-bond acceptors (Lipinski definition) is 6.